The maximum absolute atomic E-state index is 10.8. The number of carbonyl (C=O) groups excluding carboxylic acids is 1. The van der Waals surface area contributed by atoms with Crippen molar-refractivity contribution < 1.29 is 14.7 Å². The normalized spacial score (nSPS) is 10.4. The van der Waals surface area contributed by atoms with Gasteiger partial charge in [0.15, 0.2) is 0 Å². The third-order valence-electron chi connectivity index (χ3n) is 2.52. The van der Waals surface area contributed by atoms with Gasteiger partial charge in [0.25, 0.3) is 0 Å². The fraction of sp³-hybridized carbons (Fsp3) is 0.182. The van der Waals surface area contributed by atoms with Crippen molar-refractivity contribution in [3.05, 3.63) is 30.1 Å². The number of nitrogens with one attached hydrogen (secondary N) is 1. The highest BCUT2D eigenvalue weighted by molar-refractivity contribution is 5.92. The molecule has 7 nitrogen and oxygen atoms in total. The number of nitrogens with two attached hydrogens (primary N) is 1. The summed E-state index contributed by atoms with van der Waals surface area (Å²) in [7, 11) is 0. The molecule has 1 heterocycles. The number of hydrogen-bond acceptors (Lipinski definition) is 3. The van der Waals surface area contributed by atoms with Crippen LogP contribution >= 0.6 is 0 Å². The zero-order valence-corrected chi connectivity index (χ0v) is 9.46. The quantitative estimate of drug-likeness (QED) is 0.727. The van der Waals surface area contributed by atoms with Gasteiger partial charge >= 0.3 is 12.0 Å². The Balaban J connectivity index is 2.20. The lowest BCUT2D eigenvalue weighted by molar-refractivity contribution is 0.0697. The van der Waals surface area contributed by atoms with E-state index in [0.717, 1.165) is 5.52 Å². The molecule has 18 heavy (non-hydrogen) atoms. The van der Waals surface area contributed by atoms with Gasteiger partial charge in [-0.1, -0.05) is 0 Å². The third-order valence-corrected chi connectivity index (χ3v) is 2.52. The lowest BCUT2D eigenvalue weighted by Crippen LogP contribution is -2.31. The summed E-state index contributed by atoms with van der Waals surface area (Å²) in [4.78, 5) is 25.4. The number of rotatable bonds is 4. The van der Waals surface area contributed by atoms with Gasteiger partial charge in [0, 0.05) is 13.1 Å². The minimum atomic E-state index is -0.984. The molecule has 1 aromatic carbocycles. The number of carboxylic acid groups (broad SMARTS) is 1. The second-order valence-electron chi connectivity index (χ2n) is 3.74. The minimum Gasteiger partial charge on any atom is -0.478 e. The molecular weight excluding hydrogens is 236 g/mol. The molecule has 0 fully saturated rings. The molecule has 0 bridgehead atoms. The van der Waals surface area contributed by atoms with Gasteiger partial charge < -0.3 is 20.7 Å². The smallest absolute Gasteiger partial charge is 0.335 e. The van der Waals surface area contributed by atoms with E-state index in [1.165, 1.54) is 12.1 Å². The largest absolute Gasteiger partial charge is 0.478 e. The van der Waals surface area contributed by atoms with Crippen molar-refractivity contribution in [3.63, 3.8) is 0 Å². The van der Waals surface area contributed by atoms with Crippen molar-refractivity contribution in [2.75, 3.05) is 6.54 Å². The number of aromatic carboxylic acids is 1. The topological polar surface area (TPSA) is 110 Å². The van der Waals surface area contributed by atoms with Gasteiger partial charge in [0.05, 0.1) is 22.9 Å². The molecule has 0 unspecified atom stereocenters. The van der Waals surface area contributed by atoms with Crippen LogP contribution in [-0.4, -0.2) is 33.2 Å². The van der Waals surface area contributed by atoms with Crippen molar-refractivity contribution in [3.8, 4) is 0 Å². The van der Waals surface area contributed by atoms with E-state index in [4.69, 9.17) is 10.8 Å². The van der Waals surface area contributed by atoms with E-state index in [0.29, 0.717) is 18.6 Å². The zero-order valence-electron chi connectivity index (χ0n) is 9.46. The average molecular weight is 248 g/mol. The van der Waals surface area contributed by atoms with Crippen LogP contribution in [0.15, 0.2) is 24.5 Å². The fourth-order valence-electron chi connectivity index (χ4n) is 1.67. The standard InChI is InChI=1S/C11H12N4O3/c12-11(18)13-3-4-15-6-14-8-5-7(10(16)17)1-2-9(8)15/h1-2,5-6H,3-4H2,(H,16,17)(H3,12,13,18). The van der Waals surface area contributed by atoms with E-state index in [2.05, 4.69) is 10.3 Å². The number of carboxylic acids is 1. The van der Waals surface area contributed by atoms with Crippen LogP contribution in [0.5, 0.6) is 0 Å². The minimum absolute atomic E-state index is 0.197. The van der Waals surface area contributed by atoms with Crippen LogP contribution in [0, 0.1) is 0 Å². The Kier molecular flexibility index (Phi) is 3.13. The number of nitrogens with zero attached hydrogens (tertiary/aromatic N) is 2. The maximum Gasteiger partial charge on any atom is 0.335 e. The van der Waals surface area contributed by atoms with Crippen LogP contribution in [0.2, 0.25) is 0 Å². The Morgan fingerprint density at radius 3 is 2.89 bits per heavy atom. The lowest BCUT2D eigenvalue weighted by Gasteiger charge is -2.04. The van der Waals surface area contributed by atoms with E-state index in [1.807, 2.05) is 4.57 Å². The second kappa shape index (κ2) is 4.74. The van der Waals surface area contributed by atoms with Crippen LogP contribution < -0.4 is 11.1 Å². The molecule has 0 aliphatic heterocycles. The van der Waals surface area contributed by atoms with Crippen LogP contribution in [-0.2, 0) is 6.54 Å². The maximum atomic E-state index is 10.8. The Morgan fingerprint density at radius 2 is 2.22 bits per heavy atom. The van der Waals surface area contributed by atoms with Crippen LogP contribution in [0.3, 0.4) is 0 Å². The molecule has 0 aliphatic rings. The molecule has 0 spiro atoms. The van der Waals surface area contributed by atoms with E-state index >= 15 is 0 Å². The molecule has 94 valence electrons. The molecule has 2 amide bonds. The number of amides is 2. The molecule has 1 aromatic heterocycles. The van der Waals surface area contributed by atoms with Crippen molar-refractivity contribution in [1.82, 2.24) is 14.9 Å². The molecule has 0 aliphatic carbocycles. The zero-order chi connectivity index (χ0) is 13.1. The lowest BCUT2D eigenvalue weighted by atomic mass is 10.2. The first-order valence-electron chi connectivity index (χ1n) is 5.29. The number of imidazole rings is 1. The number of benzene rings is 1. The highest BCUT2D eigenvalue weighted by Crippen LogP contribution is 2.14. The molecule has 2 aromatic rings. The number of carbonyl (C=O) groups is 2. The Bertz CT molecular complexity index is 605. The van der Waals surface area contributed by atoms with Gasteiger partial charge in [-0.05, 0) is 18.2 Å². The summed E-state index contributed by atoms with van der Waals surface area (Å²) >= 11 is 0. The van der Waals surface area contributed by atoms with Crippen LogP contribution in [0.1, 0.15) is 10.4 Å². The summed E-state index contributed by atoms with van der Waals surface area (Å²) in [5.74, 6) is -0.984. The first-order chi connectivity index (χ1) is 8.58. The van der Waals surface area contributed by atoms with Crippen molar-refractivity contribution in [1.29, 1.82) is 0 Å². The molecule has 4 N–H and O–H groups in total. The first kappa shape index (κ1) is 11.9. The van der Waals surface area contributed by atoms with Gasteiger partial charge in [-0.2, -0.15) is 0 Å². The predicted octanol–water partition coefficient (Wildman–Crippen LogP) is 0.403. The second-order valence-corrected chi connectivity index (χ2v) is 3.74. The first-order valence-corrected chi connectivity index (χ1v) is 5.29. The molecule has 0 atom stereocenters. The molecule has 2 rings (SSSR count). The molecular formula is C11H12N4O3. The van der Waals surface area contributed by atoms with Crippen LogP contribution in [0.4, 0.5) is 4.79 Å². The molecule has 0 radical (unpaired) electrons. The van der Waals surface area contributed by atoms with Crippen LogP contribution in [0.25, 0.3) is 11.0 Å². The summed E-state index contributed by atoms with van der Waals surface area (Å²) in [6.45, 7) is 0.910. The fourth-order valence-corrected chi connectivity index (χ4v) is 1.67. The third kappa shape index (κ3) is 2.40. The number of urea groups is 1. The summed E-state index contributed by atoms with van der Waals surface area (Å²) in [6, 6.07) is 4.14. The van der Waals surface area contributed by atoms with E-state index in [9.17, 15) is 9.59 Å². The van der Waals surface area contributed by atoms with E-state index < -0.39 is 12.0 Å². The Morgan fingerprint density at radius 1 is 1.44 bits per heavy atom. The Labute approximate surface area is 102 Å². The summed E-state index contributed by atoms with van der Waals surface area (Å²) < 4.78 is 1.82. The summed E-state index contributed by atoms with van der Waals surface area (Å²) in [5.41, 5.74) is 6.57. The monoisotopic (exact) mass is 248 g/mol. The Hall–Kier alpha value is -2.57. The summed E-state index contributed by atoms with van der Waals surface area (Å²) in [5, 5.41) is 11.3. The SMILES string of the molecule is NC(=O)NCCn1cnc2cc(C(=O)O)ccc21. The number of aromatic nitrogens is 2. The highest BCUT2D eigenvalue weighted by Gasteiger charge is 2.07. The molecule has 0 saturated carbocycles. The van der Waals surface area contributed by atoms with Gasteiger partial charge in [0.1, 0.15) is 0 Å². The predicted molar refractivity (Wildman–Crippen MR) is 64.3 cm³/mol. The van der Waals surface area contributed by atoms with Gasteiger partial charge in [0.2, 0.25) is 0 Å². The van der Waals surface area contributed by atoms with E-state index in [1.54, 1.807) is 12.4 Å². The number of hydrogen-bond donors (Lipinski definition) is 3. The van der Waals surface area contributed by atoms with Crippen molar-refractivity contribution in [2.24, 2.45) is 5.73 Å². The average Bonchev–Trinajstić information content (AvgIpc) is 2.71. The van der Waals surface area contributed by atoms with Gasteiger partial charge in [-0.25, -0.2) is 14.6 Å². The summed E-state index contributed by atoms with van der Waals surface area (Å²) in [6.07, 6.45) is 1.60. The number of fused-ring (bicyclic) bond motifs is 1. The molecule has 0 saturated heterocycles. The molecule has 7 heteroatoms. The highest BCUT2D eigenvalue weighted by atomic mass is 16.4. The number of primary amides is 1. The van der Waals surface area contributed by atoms with Gasteiger partial charge in [-0.15, -0.1) is 0 Å². The van der Waals surface area contributed by atoms with Crippen molar-refractivity contribution in [2.45, 2.75) is 6.54 Å². The van der Waals surface area contributed by atoms with Crippen molar-refractivity contribution >= 4 is 23.0 Å². The van der Waals surface area contributed by atoms with E-state index in [-0.39, 0.29) is 5.56 Å². The van der Waals surface area contributed by atoms with Gasteiger partial charge in [-0.3, -0.25) is 0 Å².